The second kappa shape index (κ2) is 9.10. The van der Waals surface area contributed by atoms with E-state index in [-0.39, 0.29) is 32.7 Å². The first-order valence-electron chi connectivity index (χ1n) is 3.15. The van der Waals surface area contributed by atoms with Gasteiger partial charge in [-0.15, -0.1) is 0 Å². The zero-order valence-electron chi connectivity index (χ0n) is 7.65. The average molecular weight is 204 g/mol. The summed E-state index contributed by atoms with van der Waals surface area (Å²) in [6, 6.07) is 0. The predicted molar refractivity (Wildman–Crippen MR) is 40.8 cm³/mol. The largest absolute Gasteiger partial charge is 0.335 e. The van der Waals surface area contributed by atoms with Gasteiger partial charge in [-0.05, 0) is 5.41 Å². The molecule has 0 saturated carbocycles. The van der Waals surface area contributed by atoms with E-state index in [1.807, 2.05) is 20.3 Å². The van der Waals surface area contributed by atoms with Crippen molar-refractivity contribution in [3.63, 3.8) is 0 Å². The molecular formula is C8H19Y-. The van der Waals surface area contributed by atoms with Crippen molar-refractivity contribution in [3.8, 4) is 0 Å². The summed E-state index contributed by atoms with van der Waals surface area (Å²) in [5.41, 5.74) is 0.500. The van der Waals surface area contributed by atoms with Gasteiger partial charge in [0.15, 0.2) is 0 Å². The molecule has 0 aliphatic carbocycles. The van der Waals surface area contributed by atoms with E-state index in [2.05, 4.69) is 27.7 Å². The Bertz CT molecular complexity index is 28.3. The van der Waals surface area contributed by atoms with Gasteiger partial charge in [0.05, 0.1) is 0 Å². The quantitative estimate of drug-likeness (QED) is 0.531. The molecule has 55 valence electrons. The van der Waals surface area contributed by atoms with Crippen LogP contribution in [0.5, 0.6) is 0 Å². The van der Waals surface area contributed by atoms with Gasteiger partial charge >= 0.3 is 0 Å². The molecule has 0 bridgehead atoms. The second-order valence-electron chi connectivity index (χ2n) is 3.58. The van der Waals surface area contributed by atoms with Crippen LogP contribution in [0.4, 0.5) is 0 Å². The van der Waals surface area contributed by atoms with Crippen molar-refractivity contribution in [1.82, 2.24) is 0 Å². The Morgan fingerprint density at radius 3 is 0.889 bits per heavy atom. The van der Waals surface area contributed by atoms with Crippen LogP contribution in [-0.4, -0.2) is 0 Å². The molecule has 0 N–H and O–H groups in total. The molecule has 0 amide bonds. The number of rotatable bonds is 0. The van der Waals surface area contributed by atoms with Gasteiger partial charge in [-0.2, -0.15) is 13.8 Å². The maximum absolute atomic E-state index is 2.19. The van der Waals surface area contributed by atoms with Gasteiger partial charge in [0, 0.05) is 32.7 Å². The van der Waals surface area contributed by atoms with Crippen molar-refractivity contribution in [1.29, 1.82) is 0 Å². The fraction of sp³-hybridized carbons (Fsp3) is 0.875. The predicted octanol–water partition coefficient (Wildman–Crippen LogP) is 3.28. The molecule has 0 fully saturated rings. The van der Waals surface area contributed by atoms with Crippen molar-refractivity contribution in [2.45, 2.75) is 41.5 Å². The van der Waals surface area contributed by atoms with Gasteiger partial charge in [-0.3, -0.25) is 0 Å². The molecule has 0 heterocycles. The maximum atomic E-state index is 2.19. The van der Waals surface area contributed by atoms with E-state index in [0.717, 1.165) is 0 Å². The fourth-order valence-electron chi connectivity index (χ4n) is 0. The minimum absolute atomic E-state index is 0. The molecule has 0 rings (SSSR count). The summed E-state index contributed by atoms with van der Waals surface area (Å²) in [6.45, 7) is 12.8. The van der Waals surface area contributed by atoms with E-state index in [1.54, 1.807) is 0 Å². The third-order valence-corrected chi connectivity index (χ3v) is 0. The molecule has 0 aromatic rings. The SMILES string of the molecule is CC(C)(C)C.C[CH-]C.[Y]. The molecule has 0 aliphatic rings. The molecule has 0 saturated heterocycles. The van der Waals surface area contributed by atoms with Gasteiger partial charge in [0.2, 0.25) is 0 Å². The summed E-state index contributed by atoms with van der Waals surface area (Å²) in [5.74, 6) is 0. The van der Waals surface area contributed by atoms with Crippen LogP contribution in [0.25, 0.3) is 0 Å². The van der Waals surface area contributed by atoms with E-state index >= 15 is 0 Å². The van der Waals surface area contributed by atoms with Crippen LogP contribution in [-0.2, 0) is 32.7 Å². The monoisotopic (exact) mass is 204 g/mol. The van der Waals surface area contributed by atoms with Crippen molar-refractivity contribution in [2.24, 2.45) is 5.41 Å². The van der Waals surface area contributed by atoms with Gasteiger partial charge in [0.1, 0.15) is 0 Å². The average Bonchev–Trinajstić information content (AvgIpc) is 1.27. The molecule has 0 spiro atoms. The fourth-order valence-corrected chi connectivity index (χ4v) is 0. The Hall–Kier alpha value is 1.10. The van der Waals surface area contributed by atoms with Crippen molar-refractivity contribution in [3.05, 3.63) is 6.42 Å². The summed E-state index contributed by atoms with van der Waals surface area (Å²) in [5, 5.41) is 0. The first kappa shape index (κ1) is 16.6. The van der Waals surface area contributed by atoms with Crippen LogP contribution in [0.15, 0.2) is 0 Å². The van der Waals surface area contributed by atoms with E-state index in [0.29, 0.717) is 5.41 Å². The molecule has 1 heteroatoms. The Morgan fingerprint density at radius 2 is 0.889 bits per heavy atom. The molecular weight excluding hydrogens is 185 g/mol. The number of hydrogen-bond acceptors (Lipinski definition) is 0. The zero-order valence-corrected chi connectivity index (χ0v) is 10.5. The van der Waals surface area contributed by atoms with Gasteiger partial charge in [-0.25, -0.2) is 0 Å². The summed E-state index contributed by atoms with van der Waals surface area (Å²) in [6.07, 6.45) is 2.00. The Morgan fingerprint density at radius 1 is 0.889 bits per heavy atom. The standard InChI is InChI=1S/C5H12.C3H7.Y/c1-5(2,3)4;1-3-2;/h1-4H3;3H,1-2H3;/q;-1;. The Balaban J connectivity index is -0.0000000800. The third-order valence-electron chi connectivity index (χ3n) is 0. The van der Waals surface area contributed by atoms with E-state index in [4.69, 9.17) is 0 Å². The van der Waals surface area contributed by atoms with Crippen LogP contribution < -0.4 is 0 Å². The molecule has 0 aromatic heterocycles. The Kier molecular flexibility index (Phi) is 16.8. The summed E-state index contributed by atoms with van der Waals surface area (Å²) in [7, 11) is 0. The van der Waals surface area contributed by atoms with Crippen LogP contribution >= 0.6 is 0 Å². The molecule has 0 aromatic carbocycles. The zero-order chi connectivity index (χ0) is 7.21. The molecule has 9 heavy (non-hydrogen) atoms. The van der Waals surface area contributed by atoms with E-state index < -0.39 is 0 Å². The minimum atomic E-state index is 0. The molecule has 0 unspecified atom stereocenters. The van der Waals surface area contributed by atoms with Gasteiger partial charge in [-0.1, -0.05) is 27.7 Å². The normalized spacial score (nSPS) is 8.67. The topological polar surface area (TPSA) is 0 Å². The molecule has 0 aliphatic heterocycles. The first-order chi connectivity index (χ1) is 3.41. The Labute approximate surface area is 85.7 Å². The maximum Gasteiger partial charge on any atom is 0 e. The van der Waals surface area contributed by atoms with Gasteiger partial charge < -0.3 is 6.42 Å². The van der Waals surface area contributed by atoms with Crippen LogP contribution in [0.1, 0.15) is 41.5 Å². The van der Waals surface area contributed by atoms with Crippen LogP contribution in [0.2, 0.25) is 0 Å². The summed E-state index contributed by atoms with van der Waals surface area (Å²) < 4.78 is 0. The molecule has 0 atom stereocenters. The van der Waals surface area contributed by atoms with Crippen molar-refractivity contribution < 1.29 is 32.7 Å². The summed E-state index contributed by atoms with van der Waals surface area (Å²) in [4.78, 5) is 0. The summed E-state index contributed by atoms with van der Waals surface area (Å²) >= 11 is 0. The second-order valence-corrected chi connectivity index (χ2v) is 3.58. The van der Waals surface area contributed by atoms with E-state index in [9.17, 15) is 0 Å². The van der Waals surface area contributed by atoms with E-state index in [1.165, 1.54) is 0 Å². The van der Waals surface area contributed by atoms with Crippen LogP contribution in [0, 0.1) is 11.8 Å². The van der Waals surface area contributed by atoms with Crippen molar-refractivity contribution in [2.75, 3.05) is 0 Å². The van der Waals surface area contributed by atoms with Crippen molar-refractivity contribution >= 4 is 0 Å². The molecule has 0 nitrogen and oxygen atoms in total. The third kappa shape index (κ3) is 377. The first-order valence-corrected chi connectivity index (χ1v) is 3.15. The number of hydrogen-bond donors (Lipinski definition) is 0. The minimum Gasteiger partial charge on any atom is -0.335 e. The smallest absolute Gasteiger partial charge is 0 e. The van der Waals surface area contributed by atoms with Gasteiger partial charge in [0.25, 0.3) is 0 Å². The van der Waals surface area contributed by atoms with Crippen LogP contribution in [0.3, 0.4) is 0 Å². The molecule has 1 radical (unpaired) electrons.